The van der Waals surface area contributed by atoms with Gasteiger partial charge in [-0.1, -0.05) is 0 Å². The Hall–Kier alpha value is -0.450. The maximum Gasteiger partial charge on any atom is 0.106 e. The number of hydrogen-bond donors (Lipinski definition) is 2. The number of aromatic nitrogens is 1. The summed E-state index contributed by atoms with van der Waals surface area (Å²) in [7, 11) is 0. The third-order valence-corrected chi connectivity index (χ3v) is 2.84. The Bertz CT molecular complexity index is 255. The second-order valence-electron chi connectivity index (χ2n) is 3.09. The van der Waals surface area contributed by atoms with Crippen LogP contribution in [0.1, 0.15) is 23.5 Å². The topological polar surface area (TPSA) is 50.9 Å². The summed E-state index contributed by atoms with van der Waals surface area (Å²) in [5.74, 6) is 0. The maximum atomic E-state index is 5.46. The zero-order chi connectivity index (χ0) is 8.39. The van der Waals surface area contributed by atoms with Crippen molar-refractivity contribution in [3.8, 4) is 0 Å². The zero-order valence-corrected chi connectivity index (χ0v) is 7.73. The highest BCUT2D eigenvalue weighted by Gasteiger charge is 2.20. The highest BCUT2D eigenvalue weighted by Crippen LogP contribution is 2.19. The van der Waals surface area contributed by atoms with Crippen molar-refractivity contribution in [2.75, 3.05) is 0 Å². The van der Waals surface area contributed by atoms with Crippen LogP contribution in [0.15, 0.2) is 5.38 Å². The van der Waals surface area contributed by atoms with Gasteiger partial charge in [-0.15, -0.1) is 11.3 Å². The second-order valence-corrected chi connectivity index (χ2v) is 4.03. The Kier molecular flexibility index (Phi) is 2.39. The van der Waals surface area contributed by atoms with Gasteiger partial charge in [0.2, 0.25) is 0 Å². The van der Waals surface area contributed by atoms with Crippen LogP contribution in [0.25, 0.3) is 0 Å². The minimum Gasteiger partial charge on any atom is -0.325 e. The zero-order valence-electron chi connectivity index (χ0n) is 6.92. The van der Waals surface area contributed by atoms with E-state index in [1.54, 1.807) is 11.3 Å². The summed E-state index contributed by atoms with van der Waals surface area (Å²) in [6.07, 6.45) is 2.65. The van der Waals surface area contributed by atoms with Gasteiger partial charge >= 0.3 is 0 Å². The average Bonchev–Trinajstić information content (AvgIpc) is 2.81. The van der Waals surface area contributed by atoms with E-state index in [4.69, 9.17) is 5.73 Å². The Morgan fingerprint density at radius 3 is 3.08 bits per heavy atom. The molecule has 3 N–H and O–H groups in total. The lowest BCUT2D eigenvalue weighted by atomic mass is 10.4. The van der Waals surface area contributed by atoms with Gasteiger partial charge in [-0.05, 0) is 12.8 Å². The first-order valence-corrected chi connectivity index (χ1v) is 5.13. The Labute approximate surface area is 76.0 Å². The molecular formula is C8H13N3S. The molecule has 66 valence electrons. The van der Waals surface area contributed by atoms with Crippen molar-refractivity contribution in [3.05, 3.63) is 16.1 Å². The molecule has 0 aromatic carbocycles. The van der Waals surface area contributed by atoms with Crippen LogP contribution in [-0.2, 0) is 13.1 Å². The molecule has 0 atom stereocenters. The number of hydrogen-bond acceptors (Lipinski definition) is 4. The van der Waals surface area contributed by atoms with Gasteiger partial charge in [0.25, 0.3) is 0 Å². The van der Waals surface area contributed by atoms with E-state index < -0.39 is 0 Å². The summed E-state index contributed by atoms with van der Waals surface area (Å²) in [4.78, 5) is 4.36. The third-order valence-electron chi connectivity index (χ3n) is 1.92. The van der Waals surface area contributed by atoms with Crippen LogP contribution >= 0.6 is 11.3 Å². The van der Waals surface area contributed by atoms with E-state index >= 15 is 0 Å². The summed E-state index contributed by atoms with van der Waals surface area (Å²) in [5.41, 5.74) is 6.59. The van der Waals surface area contributed by atoms with E-state index in [1.807, 2.05) is 0 Å². The second kappa shape index (κ2) is 3.51. The van der Waals surface area contributed by atoms with Gasteiger partial charge in [0, 0.05) is 24.5 Å². The van der Waals surface area contributed by atoms with Crippen molar-refractivity contribution < 1.29 is 0 Å². The molecule has 1 saturated carbocycles. The molecule has 1 aliphatic carbocycles. The predicted molar refractivity (Wildman–Crippen MR) is 49.9 cm³/mol. The molecule has 0 bridgehead atoms. The van der Waals surface area contributed by atoms with Gasteiger partial charge in [0.1, 0.15) is 5.01 Å². The highest BCUT2D eigenvalue weighted by atomic mass is 32.1. The van der Waals surface area contributed by atoms with E-state index in [2.05, 4.69) is 15.7 Å². The fourth-order valence-corrected chi connectivity index (χ4v) is 1.73. The third kappa shape index (κ3) is 2.03. The molecule has 1 aromatic rings. The molecule has 2 rings (SSSR count). The molecule has 1 aromatic heterocycles. The molecule has 3 nitrogen and oxygen atoms in total. The quantitative estimate of drug-likeness (QED) is 0.727. The molecule has 0 unspecified atom stereocenters. The van der Waals surface area contributed by atoms with Crippen LogP contribution in [-0.4, -0.2) is 11.0 Å². The Balaban J connectivity index is 1.84. The molecule has 1 aliphatic rings. The van der Waals surface area contributed by atoms with Gasteiger partial charge < -0.3 is 11.1 Å². The van der Waals surface area contributed by atoms with E-state index in [0.29, 0.717) is 6.54 Å². The van der Waals surface area contributed by atoms with E-state index in [9.17, 15) is 0 Å². The normalized spacial score (nSPS) is 16.8. The minimum atomic E-state index is 0.564. The lowest BCUT2D eigenvalue weighted by molar-refractivity contribution is 0.675. The summed E-state index contributed by atoms with van der Waals surface area (Å²) >= 11 is 1.65. The largest absolute Gasteiger partial charge is 0.325 e. The van der Waals surface area contributed by atoms with Crippen LogP contribution in [0.5, 0.6) is 0 Å². The highest BCUT2D eigenvalue weighted by molar-refractivity contribution is 7.09. The maximum absolute atomic E-state index is 5.46. The number of nitrogens with one attached hydrogen (secondary N) is 1. The summed E-state index contributed by atoms with van der Waals surface area (Å²) in [6, 6.07) is 0.757. The lowest BCUT2D eigenvalue weighted by Crippen LogP contribution is -2.15. The van der Waals surface area contributed by atoms with Crippen molar-refractivity contribution >= 4 is 11.3 Å². The van der Waals surface area contributed by atoms with Crippen molar-refractivity contribution in [1.82, 2.24) is 10.3 Å². The molecule has 0 spiro atoms. The van der Waals surface area contributed by atoms with Crippen LogP contribution < -0.4 is 11.1 Å². The first kappa shape index (κ1) is 8.16. The van der Waals surface area contributed by atoms with Crippen molar-refractivity contribution in [1.29, 1.82) is 0 Å². The predicted octanol–water partition coefficient (Wildman–Crippen LogP) is 0.854. The summed E-state index contributed by atoms with van der Waals surface area (Å²) in [6.45, 7) is 1.47. The van der Waals surface area contributed by atoms with Crippen molar-refractivity contribution in [2.45, 2.75) is 32.0 Å². The molecule has 1 fully saturated rings. The van der Waals surface area contributed by atoms with Crippen LogP contribution in [0.2, 0.25) is 0 Å². The van der Waals surface area contributed by atoms with Crippen LogP contribution in [0, 0.1) is 0 Å². The van der Waals surface area contributed by atoms with Gasteiger partial charge in [-0.3, -0.25) is 0 Å². The first-order valence-electron chi connectivity index (χ1n) is 4.25. The molecule has 1 heterocycles. The molecule has 0 aliphatic heterocycles. The number of nitrogens with two attached hydrogens (primary N) is 1. The van der Waals surface area contributed by atoms with Gasteiger partial charge in [0.05, 0.1) is 5.69 Å². The lowest BCUT2D eigenvalue weighted by Gasteiger charge is -1.96. The fraction of sp³-hybridized carbons (Fsp3) is 0.625. The molecule has 4 heteroatoms. The van der Waals surface area contributed by atoms with Crippen LogP contribution in [0.4, 0.5) is 0 Å². The van der Waals surface area contributed by atoms with Gasteiger partial charge in [-0.25, -0.2) is 4.98 Å². The van der Waals surface area contributed by atoms with E-state index in [0.717, 1.165) is 23.3 Å². The minimum absolute atomic E-state index is 0.564. The number of thiazole rings is 1. The standard InChI is InChI=1S/C8H13N3S/c9-3-8-11-7(5-12-8)4-10-6-1-2-6/h5-6,10H,1-4,9H2. The first-order chi connectivity index (χ1) is 5.88. The smallest absolute Gasteiger partial charge is 0.106 e. The Morgan fingerprint density at radius 1 is 1.67 bits per heavy atom. The Morgan fingerprint density at radius 2 is 2.50 bits per heavy atom. The molecule has 12 heavy (non-hydrogen) atoms. The monoisotopic (exact) mass is 183 g/mol. The van der Waals surface area contributed by atoms with Gasteiger partial charge in [-0.2, -0.15) is 0 Å². The van der Waals surface area contributed by atoms with E-state index in [1.165, 1.54) is 12.8 Å². The average molecular weight is 183 g/mol. The van der Waals surface area contributed by atoms with Crippen molar-refractivity contribution in [3.63, 3.8) is 0 Å². The molecule has 0 amide bonds. The summed E-state index contributed by atoms with van der Waals surface area (Å²) in [5, 5.41) is 6.52. The SMILES string of the molecule is NCc1nc(CNC2CC2)cs1. The molecular weight excluding hydrogens is 170 g/mol. The van der Waals surface area contributed by atoms with Crippen LogP contribution in [0.3, 0.4) is 0 Å². The molecule has 0 saturated heterocycles. The molecule has 0 radical (unpaired) electrons. The number of nitrogens with zero attached hydrogens (tertiary/aromatic N) is 1. The summed E-state index contributed by atoms with van der Waals surface area (Å²) < 4.78 is 0. The van der Waals surface area contributed by atoms with E-state index in [-0.39, 0.29) is 0 Å². The number of rotatable bonds is 4. The van der Waals surface area contributed by atoms with Crippen molar-refractivity contribution in [2.24, 2.45) is 5.73 Å². The fourth-order valence-electron chi connectivity index (χ4n) is 1.06. The van der Waals surface area contributed by atoms with Gasteiger partial charge in [0.15, 0.2) is 0 Å².